The van der Waals surface area contributed by atoms with E-state index in [0.29, 0.717) is 42.3 Å². The monoisotopic (exact) mass is 505 g/mol. The minimum absolute atomic E-state index is 0.235. The molecule has 0 aliphatic carbocycles. The average Bonchev–Trinajstić information content (AvgIpc) is 3.01. The molecular weight excluding hydrogens is 493 g/mol. The van der Waals surface area contributed by atoms with Gasteiger partial charge in [-0.05, 0) is 48.0 Å². The van der Waals surface area contributed by atoms with Crippen molar-refractivity contribution in [2.24, 2.45) is 0 Å². The van der Waals surface area contributed by atoms with E-state index in [4.69, 9.17) is 51.8 Å². The van der Waals surface area contributed by atoms with Gasteiger partial charge in [-0.25, -0.2) is 0 Å². The van der Waals surface area contributed by atoms with Crippen molar-refractivity contribution in [2.45, 2.75) is 6.61 Å². The third kappa shape index (κ3) is 5.08. The molecule has 1 amide bonds. The van der Waals surface area contributed by atoms with Crippen LogP contribution in [0, 0.1) is 0 Å². The highest BCUT2D eigenvalue weighted by atomic mass is 35.5. The molecule has 31 heavy (non-hydrogen) atoms. The molecule has 1 fully saturated rings. The van der Waals surface area contributed by atoms with E-state index in [1.54, 1.807) is 24.3 Å². The average molecular weight is 507 g/mol. The Balaban J connectivity index is 1.53. The van der Waals surface area contributed by atoms with Crippen molar-refractivity contribution in [2.75, 3.05) is 4.90 Å². The third-order valence-electron chi connectivity index (χ3n) is 4.45. The van der Waals surface area contributed by atoms with E-state index >= 15 is 0 Å². The molecule has 0 spiro atoms. The van der Waals surface area contributed by atoms with E-state index < -0.39 is 0 Å². The number of thiocarbonyl (C=S) groups is 1. The Morgan fingerprint density at radius 3 is 2.55 bits per heavy atom. The van der Waals surface area contributed by atoms with Crippen LogP contribution in [0.1, 0.15) is 11.1 Å². The molecule has 1 saturated heterocycles. The van der Waals surface area contributed by atoms with Crippen molar-refractivity contribution in [3.63, 3.8) is 0 Å². The fraction of sp³-hybridized carbons (Fsp3) is 0.0435. The lowest BCUT2D eigenvalue weighted by molar-refractivity contribution is -0.113. The summed E-state index contributed by atoms with van der Waals surface area (Å²) < 4.78 is 6.28. The molecule has 0 bridgehead atoms. The van der Waals surface area contributed by atoms with Crippen LogP contribution in [0.2, 0.25) is 15.1 Å². The van der Waals surface area contributed by atoms with Crippen LogP contribution in [0.25, 0.3) is 6.08 Å². The van der Waals surface area contributed by atoms with Crippen molar-refractivity contribution in [1.29, 1.82) is 0 Å². The highest BCUT2D eigenvalue weighted by Crippen LogP contribution is 2.39. The number of amides is 1. The van der Waals surface area contributed by atoms with Crippen molar-refractivity contribution >= 4 is 80.8 Å². The maximum absolute atomic E-state index is 13.0. The Labute approximate surface area is 204 Å². The topological polar surface area (TPSA) is 29.5 Å². The summed E-state index contributed by atoms with van der Waals surface area (Å²) in [6.07, 6.45) is 1.78. The van der Waals surface area contributed by atoms with Gasteiger partial charge in [0.05, 0.1) is 15.6 Å². The first-order valence-corrected chi connectivity index (χ1v) is 11.5. The summed E-state index contributed by atoms with van der Waals surface area (Å²) in [6, 6.07) is 19.9. The summed E-state index contributed by atoms with van der Waals surface area (Å²) in [4.78, 5) is 14.9. The van der Waals surface area contributed by atoms with Crippen LogP contribution in [0.3, 0.4) is 0 Å². The van der Waals surface area contributed by atoms with E-state index in [2.05, 4.69) is 0 Å². The fourth-order valence-electron chi connectivity index (χ4n) is 2.96. The second-order valence-electron chi connectivity index (χ2n) is 6.57. The van der Waals surface area contributed by atoms with Crippen LogP contribution >= 0.6 is 58.8 Å². The van der Waals surface area contributed by atoms with Gasteiger partial charge in [0.25, 0.3) is 5.91 Å². The van der Waals surface area contributed by atoms with Gasteiger partial charge >= 0.3 is 0 Å². The van der Waals surface area contributed by atoms with Gasteiger partial charge in [-0.15, -0.1) is 0 Å². The SMILES string of the molecule is O=C1/C(=C/c2cccc(OCc3ccccc3Cl)c2)SC(=S)N1c1ccc(Cl)cc1Cl. The lowest BCUT2D eigenvalue weighted by atomic mass is 10.2. The van der Waals surface area contributed by atoms with Gasteiger partial charge in [-0.2, -0.15) is 0 Å². The molecule has 8 heteroatoms. The van der Waals surface area contributed by atoms with Crippen LogP contribution in [0.15, 0.2) is 71.6 Å². The van der Waals surface area contributed by atoms with Gasteiger partial charge < -0.3 is 4.74 Å². The number of hydrogen-bond donors (Lipinski definition) is 0. The number of anilines is 1. The first-order chi connectivity index (χ1) is 14.9. The van der Waals surface area contributed by atoms with Crippen LogP contribution in [0.5, 0.6) is 5.75 Å². The molecule has 0 radical (unpaired) electrons. The van der Waals surface area contributed by atoms with E-state index in [1.807, 2.05) is 48.5 Å². The highest BCUT2D eigenvalue weighted by molar-refractivity contribution is 8.27. The predicted molar refractivity (Wildman–Crippen MR) is 134 cm³/mol. The van der Waals surface area contributed by atoms with Crippen LogP contribution in [-0.2, 0) is 11.4 Å². The van der Waals surface area contributed by atoms with Crippen molar-refractivity contribution in [3.05, 3.63) is 97.8 Å². The van der Waals surface area contributed by atoms with Gasteiger partial charge in [0.1, 0.15) is 12.4 Å². The zero-order chi connectivity index (χ0) is 22.0. The standard InChI is InChI=1S/C23H14Cl3NO2S2/c24-16-8-9-20(19(26)12-16)27-22(28)21(31-23(27)30)11-14-4-3-6-17(10-14)29-13-15-5-1-2-7-18(15)25/h1-12H,13H2/b21-11-. The van der Waals surface area contributed by atoms with Crippen molar-refractivity contribution < 1.29 is 9.53 Å². The number of halogens is 3. The Morgan fingerprint density at radius 2 is 1.77 bits per heavy atom. The lowest BCUT2D eigenvalue weighted by Gasteiger charge is -2.16. The molecule has 4 rings (SSSR count). The predicted octanol–water partition coefficient (Wildman–Crippen LogP) is 7.63. The van der Waals surface area contributed by atoms with Crippen LogP contribution in [-0.4, -0.2) is 10.2 Å². The molecule has 0 atom stereocenters. The molecule has 3 aromatic carbocycles. The summed E-state index contributed by atoms with van der Waals surface area (Å²) in [5.74, 6) is 0.437. The van der Waals surface area contributed by atoms with Crippen molar-refractivity contribution in [3.8, 4) is 5.75 Å². The summed E-state index contributed by atoms with van der Waals surface area (Å²) in [7, 11) is 0. The van der Waals surface area contributed by atoms with E-state index in [-0.39, 0.29) is 5.91 Å². The largest absolute Gasteiger partial charge is 0.489 e. The smallest absolute Gasteiger partial charge is 0.270 e. The lowest BCUT2D eigenvalue weighted by Crippen LogP contribution is -2.27. The highest BCUT2D eigenvalue weighted by Gasteiger charge is 2.34. The van der Waals surface area contributed by atoms with Crippen molar-refractivity contribution in [1.82, 2.24) is 0 Å². The molecule has 156 valence electrons. The quantitative estimate of drug-likeness (QED) is 0.263. The van der Waals surface area contributed by atoms with Gasteiger partial charge in [0.15, 0.2) is 4.32 Å². The number of benzene rings is 3. The number of nitrogens with zero attached hydrogens (tertiary/aromatic N) is 1. The number of thioether (sulfide) groups is 1. The van der Waals surface area contributed by atoms with Crippen LogP contribution < -0.4 is 9.64 Å². The molecule has 1 heterocycles. The zero-order valence-corrected chi connectivity index (χ0v) is 19.8. The number of rotatable bonds is 5. The zero-order valence-electron chi connectivity index (χ0n) is 15.8. The molecule has 0 aromatic heterocycles. The molecule has 0 saturated carbocycles. The Bertz CT molecular complexity index is 1210. The maximum Gasteiger partial charge on any atom is 0.270 e. The van der Waals surface area contributed by atoms with Gasteiger partial charge in [-0.1, -0.05) is 89.1 Å². The number of ether oxygens (including phenoxy) is 1. The van der Waals surface area contributed by atoms with E-state index in [0.717, 1.165) is 11.1 Å². The first-order valence-electron chi connectivity index (χ1n) is 9.11. The minimum atomic E-state index is -0.235. The minimum Gasteiger partial charge on any atom is -0.489 e. The fourth-order valence-corrected chi connectivity index (χ4v) is 4.93. The molecule has 0 unspecified atom stereocenters. The molecular formula is C23H14Cl3NO2S2. The molecule has 3 nitrogen and oxygen atoms in total. The second kappa shape index (κ2) is 9.63. The molecule has 0 N–H and O–H groups in total. The van der Waals surface area contributed by atoms with Gasteiger partial charge in [0.2, 0.25) is 0 Å². The Morgan fingerprint density at radius 1 is 0.968 bits per heavy atom. The summed E-state index contributed by atoms with van der Waals surface area (Å²) in [5.41, 5.74) is 2.23. The summed E-state index contributed by atoms with van der Waals surface area (Å²) >= 11 is 25.1. The van der Waals surface area contributed by atoms with Crippen LogP contribution in [0.4, 0.5) is 5.69 Å². The first kappa shape index (κ1) is 22.2. The van der Waals surface area contributed by atoms with E-state index in [1.165, 1.54) is 16.7 Å². The summed E-state index contributed by atoms with van der Waals surface area (Å²) in [6.45, 7) is 0.348. The summed E-state index contributed by atoms with van der Waals surface area (Å²) in [5, 5.41) is 1.51. The van der Waals surface area contributed by atoms with Gasteiger partial charge in [0, 0.05) is 15.6 Å². The molecule has 3 aromatic rings. The Kier molecular flexibility index (Phi) is 6.89. The van der Waals surface area contributed by atoms with Gasteiger partial charge in [-0.3, -0.25) is 9.69 Å². The molecule has 1 aliphatic heterocycles. The van der Waals surface area contributed by atoms with E-state index in [9.17, 15) is 4.79 Å². The number of carbonyl (C=O) groups excluding carboxylic acids is 1. The second-order valence-corrected chi connectivity index (χ2v) is 9.49. The normalized spacial score (nSPS) is 15.1. The third-order valence-corrected chi connectivity index (χ3v) is 6.66. The molecule has 1 aliphatic rings. The number of carbonyl (C=O) groups is 1. The maximum atomic E-state index is 13.0. The Hall–Kier alpha value is -2.02. The number of hydrogen-bond acceptors (Lipinski definition) is 4.